The highest BCUT2D eigenvalue weighted by Crippen LogP contribution is 2.38. The van der Waals surface area contributed by atoms with E-state index in [9.17, 15) is 4.79 Å². The minimum atomic E-state index is 0.0136. The van der Waals surface area contributed by atoms with E-state index in [2.05, 4.69) is 10.2 Å². The predicted molar refractivity (Wildman–Crippen MR) is 77.3 cm³/mol. The molecule has 20 heavy (non-hydrogen) atoms. The molecule has 1 aromatic heterocycles. The maximum absolute atomic E-state index is 12.0. The number of hydrogen-bond donors (Lipinski definition) is 0. The van der Waals surface area contributed by atoms with Crippen molar-refractivity contribution in [2.24, 2.45) is 0 Å². The molecule has 1 aromatic rings. The van der Waals surface area contributed by atoms with Gasteiger partial charge < -0.3 is 9.64 Å². The number of amides is 2. The fraction of sp³-hybridized carbons (Fsp3) is 0.769. The highest BCUT2D eigenvalue weighted by molar-refractivity contribution is 7.15. The lowest BCUT2D eigenvalue weighted by Gasteiger charge is -2.28. The molecule has 2 amide bonds. The van der Waals surface area contributed by atoms with Gasteiger partial charge in [0.15, 0.2) is 0 Å². The van der Waals surface area contributed by atoms with Gasteiger partial charge in [-0.2, -0.15) is 0 Å². The molecule has 2 heterocycles. The van der Waals surface area contributed by atoms with Crippen LogP contribution in [0.5, 0.6) is 0 Å². The van der Waals surface area contributed by atoms with Crippen LogP contribution in [0.15, 0.2) is 0 Å². The van der Waals surface area contributed by atoms with Crippen LogP contribution in [-0.2, 0) is 4.74 Å². The Hall–Kier alpha value is -1.21. The summed E-state index contributed by atoms with van der Waals surface area (Å²) in [6.45, 7) is 1.44. The summed E-state index contributed by atoms with van der Waals surface area (Å²) >= 11 is 1.54. The SMILES string of the molecule is COC1CCCCC1c1nnc(N2CCN(C)C2=O)s1. The molecule has 1 saturated carbocycles. The molecule has 6 nitrogen and oxygen atoms in total. The lowest BCUT2D eigenvalue weighted by atomic mass is 9.87. The number of urea groups is 1. The summed E-state index contributed by atoms with van der Waals surface area (Å²) < 4.78 is 5.58. The van der Waals surface area contributed by atoms with E-state index in [1.54, 1.807) is 16.9 Å². The number of aromatic nitrogens is 2. The molecule has 0 aromatic carbocycles. The number of methoxy groups -OCH3 is 1. The van der Waals surface area contributed by atoms with Gasteiger partial charge in [0.25, 0.3) is 0 Å². The molecule has 2 aliphatic rings. The Labute approximate surface area is 122 Å². The van der Waals surface area contributed by atoms with Crippen LogP contribution in [0.1, 0.15) is 36.6 Å². The van der Waals surface area contributed by atoms with E-state index < -0.39 is 0 Å². The molecule has 2 unspecified atom stereocenters. The van der Waals surface area contributed by atoms with Gasteiger partial charge in [0.2, 0.25) is 5.13 Å². The van der Waals surface area contributed by atoms with E-state index in [-0.39, 0.29) is 12.1 Å². The molecule has 0 bridgehead atoms. The molecule has 0 N–H and O–H groups in total. The van der Waals surface area contributed by atoms with Crippen LogP contribution in [-0.4, -0.2) is 54.5 Å². The van der Waals surface area contributed by atoms with Gasteiger partial charge in [0.1, 0.15) is 5.01 Å². The fourth-order valence-corrected chi connectivity index (χ4v) is 4.02. The van der Waals surface area contributed by atoms with Crippen molar-refractivity contribution >= 4 is 22.5 Å². The first kappa shape index (κ1) is 13.8. The van der Waals surface area contributed by atoms with Crippen molar-refractivity contribution in [2.75, 3.05) is 32.1 Å². The molecule has 3 rings (SSSR count). The first-order valence-corrected chi connectivity index (χ1v) is 7.91. The Balaban J connectivity index is 1.78. The molecule has 0 spiro atoms. The van der Waals surface area contributed by atoms with E-state index >= 15 is 0 Å². The molecular formula is C13H20N4O2S. The quantitative estimate of drug-likeness (QED) is 0.857. The van der Waals surface area contributed by atoms with Crippen molar-refractivity contribution in [3.05, 3.63) is 5.01 Å². The Morgan fingerprint density at radius 2 is 2.05 bits per heavy atom. The maximum Gasteiger partial charge on any atom is 0.326 e. The summed E-state index contributed by atoms with van der Waals surface area (Å²) in [5.41, 5.74) is 0. The van der Waals surface area contributed by atoms with E-state index in [0.717, 1.165) is 29.5 Å². The third-order valence-electron chi connectivity index (χ3n) is 4.20. The fourth-order valence-electron chi connectivity index (χ4n) is 2.97. The maximum atomic E-state index is 12.0. The molecule has 1 aliphatic heterocycles. The zero-order valence-electron chi connectivity index (χ0n) is 11.9. The smallest absolute Gasteiger partial charge is 0.326 e. The average molecular weight is 296 g/mol. The largest absolute Gasteiger partial charge is 0.381 e. The van der Waals surface area contributed by atoms with Crippen molar-refractivity contribution in [3.8, 4) is 0 Å². The summed E-state index contributed by atoms with van der Waals surface area (Å²) in [4.78, 5) is 15.4. The zero-order chi connectivity index (χ0) is 14.1. The number of carbonyl (C=O) groups excluding carboxylic acids is 1. The minimum absolute atomic E-state index is 0.0136. The number of carbonyl (C=O) groups is 1. The van der Waals surface area contributed by atoms with Crippen LogP contribution < -0.4 is 4.90 Å². The Bertz CT molecular complexity index is 492. The molecular weight excluding hydrogens is 276 g/mol. The van der Waals surface area contributed by atoms with Crippen LogP contribution in [0.25, 0.3) is 0 Å². The zero-order valence-corrected chi connectivity index (χ0v) is 12.7. The van der Waals surface area contributed by atoms with E-state index in [1.165, 1.54) is 24.2 Å². The van der Waals surface area contributed by atoms with Crippen molar-refractivity contribution in [1.29, 1.82) is 0 Å². The second-order valence-corrected chi connectivity index (χ2v) is 6.43. The highest BCUT2D eigenvalue weighted by atomic mass is 32.1. The van der Waals surface area contributed by atoms with E-state index in [0.29, 0.717) is 12.5 Å². The molecule has 1 aliphatic carbocycles. The monoisotopic (exact) mass is 296 g/mol. The van der Waals surface area contributed by atoms with Crippen molar-refractivity contribution in [2.45, 2.75) is 37.7 Å². The lowest BCUT2D eigenvalue weighted by Crippen LogP contribution is -2.29. The number of anilines is 1. The Kier molecular flexibility index (Phi) is 3.89. The standard InChI is InChI=1S/C13H20N4O2S/c1-16-7-8-17(13(16)18)12-15-14-11(20-12)9-5-3-4-6-10(9)19-2/h9-10H,3-8H2,1-2H3. The molecule has 0 radical (unpaired) electrons. The van der Waals surface area contributed by atoms with E-state index in [4.69, 9.17) is 4.74 Å². The first-order valence-electron chi connectivity index (χ1n) is 7.09. The number of ether oxygens (including phenoxy) is 1. The van der Waals surface area contributed by atoms with Gasteiger partial charge >= 0.3 is 6.03 Å². The third-order valence-corrected chi connectivity index (χ3v) is 5.28. The van der Waals surface area contributed by atoms with Gasteiger partial charge in [-0.15, -0.1) is 10.2 Å². The summed E-state index contributed by atoms with van der Waals surface area (Å²) in [5, 5.41) is 10.3. The molecule has 1 saturated heterocycles. The van der Waals surface area contributed by atoms with Crippen LogP contribution >= 0.6 is 11.3 Å². The molecule has 2 atom stereocenters. The van der Waals surface area contributed by atoms with Gasteiger partial charge in [-0.25, -0.2) is 4.79 Å². The summed E-state index contributed by atoms with van der Waals surface area (Å²) in [6, 6.07) is 0.0136. The van der Waals surface area contributed by atoms with Crippen LogP contribution in [0.3, 0.4) is 0 Å². The number of hydrogen-bond acceptors (Lipinski definition) is 5. The Morgan fingerprint density at radius 1 is 1.25 bits per heavy atom. The molecule has 110 valence electrons. The number of likely N-dealkylation sites (N-methyl/N-ethyl adjacent to an activating group) is 1. The van der Waals surface area contributed by atoms with Crippen LogP contribution in [0.4, 0.5) is 9.93 Å². The second-order valence-electron chi connectivity index (χ2n) is 5.44. The first-order chi connectivity index (χ1) is 9.70. The molecule has 7 heteroatoms. The van der Waals surface area contributed by atoms with E-state index in [1.807, 2.05) is 7.05 Å². The summed E-state index contributed by atoms with van der Waals surface area (Å²) in [5.74, 6) is 0.329. The summed E-state index contributed by atoms with van der Waals surface area (Å²) in [7, 11) is 3.58. The average Bonchev–Trinajstić information content (AvgIpc) is 3.07. The van der Waals surface area contributed by atoms with Gasteiger partial charge in [-0.3, -0.25) is 4.90 Å². The predicted octanol–water partition coefficient (Wildman–Crippen LogP) is 2.08. The summed E-state index contributed by atoms with van der Waals surface area (Å²) in [6.07, 6.45) is 4.85. The number of rotatable bonds is 3. The van der Waals surface area contributed by atoms with Gasteiger partial charge in [-0.05, 0) is 12.8 Å². The van der Waals surface area contributed by atoms with Gasteiger partial charge in [-0.1, -0.05) is 24.2 Å². The molecule has 2 fully saturated rings. The number of nitrogens with zero attached hydrogens (tertiary/aromatic N) is 4. The van der Waals surface area contributed by atoms with Gasteiger partial charge in [0.05, 0.1) is 6.10 Å². The lowest BCUT2D eigenvalue weighted by molar-refractivity contribution is 0.0521. The van der Waals surface area contributed by atoms with Crippen molar-refractivity contribution in [3.63, 3.8) is 0 Å². The Morgan fingerprint density at radius 3 is 2.75 bits per heavy atom. The van der Waals surface area contributed by atoms with Crippen molar-refractivity contribution in [1.82, 2.24) is 15.1 Å². The van der Waals surface area contributed by atoms with Crippen molar-refractivity contribution < 1.29 is 9.53 Å². The van der Waals surface area contributed by atoms with Gasteiger partial charge in [0, 0.05) is 33.2 Å². The normalized spacial score (nSPS) is 27.4. The second kappa shape index (κ2) is 5.65. The third kappa shape index (κ3) is 2.40. The van der Waals surface area contributed by atoms with Crippen LogP contribution in [0, 0.1) is 0 Å². The highest BCUT2D eigenvalue weighted by Gasteiger charge is 2.33. The minimum Gasteiger partial charge on any atom is -0.381 e. The topological polar surface area (TPSA) is 58.6 Å². The van der Waals surface area contributed by atoms with Crippen LogP contribution in [0.2, 0.25) is 0 Å².